The number of carboxylic acid groups (broad SMARTS) is 2. The van der Waals surface area contributed by atoms with E-state index < -0.39 is 18.7 Å². The van der Waals surface area contributed by atoms with Crippen molar-refractivity contribution in [3.8, 4) is 0 Å². The maximum atomic E-state index is 11.7. The molecule has 0 saturated heterocycles. The van der Waals surface area contributed by atoms with Crippen LogP contribution in [0.25, 0.3) is 0 Å². The van der Waals surface area contributed by atoms with E-state index in [1.54, 1.807) is 60.7 Å². The van der Waals surface area contributed by atoms with E-state index in [2.05, 4.69) is 0 Å². The van der Waals surface area contributed by atoms with E-state index in [4.69, 9.17) is 0 Å². The summed E-state index contributed by atoms with van der Waals surface area (Å²) in [6.07, 6.45) is 0. The van der Waals surface area contributed by atoms with Gasteiger partial charge in [0.2, 0.25) is 0 Å². The molecule has 0 unspecified atom stereocenters. The first-order chi connectivity index (χ1) is 9.10. The van der Waals surface area contributed by atoms with Crippen LogP contribution >= 0.6 is 7.26 Å². The van der Waals surface area contributed by atoms with Crippen LogP contribution < -0.4 is 10.6 Å². The van der Waals surface area contributed by atoms with Crippen molar-refractivity contribution in [2.45, 2.75) is 0 Å². The van der Waals surface area contributed by atoms with Crippen molar-refractivity contribution in [1.29, 1.82) is 0 Å². The molecule has 5 heteroatoms. The molecule has 0 spiro atoms. The van der Waals surface area contributed by atoms with Gasteiger partial charge in [0.15, 0.2) is 0 Å². The van der Waals surface area contributed by atoms with Gasteiger partial charge < -0.3 is 0 Å². The molecule has 2 rings (SSSR count). The van der Waals surface area contributed by atoms with Gasteiger partial charge in [-0.3, -0.25) is 0 Å². The minimum absolute atomic E-state index is 0.362. The normalized spacial score (nSPS) is 11.8. The Balaban J connectivity index is 2.77. The van der Waals surface area contributed by atoms with Crippen molar-refractivity contribution in [3.05, 3.63) is 60.7 Å². The third kappa shape index (κ3) is 2.11. The topological polar surface area (TPSA) is 74.6 Å². The number of carbonyl (C=O) groups is 2. The van der Waals surface area contributed by atoms with E-state index in [0.29, 0.717) is 10.6 Å². The van der Waals surface area contributed by atoms with Gasteiger partial charge in [-0.25, -0.2) is 0 Å². The SMILES string of the molecule is O=C(O)[PH](C(=O)O)(c1ccccc1)c1ccccc1. The summed E-state index contributed by atoms with van der Waals surface area (Å²) >= 11 is 0. The van der Waals surface area contributed by atoms with Crippen LogP contribution in [0.1, 0.15) is 0 Å². The summed E-state index contributed by atoms with van der Waals surface area (Å²) in [6.45, 7) is 0. The van der Waals surface area contributed by atoms with E-state index in [1.807, 2.05) is 0 Å². The Morgan fingerprint density at radius 3 is 1.26 bits per heavy atom. The van der Waals surface area contributed by atoms with Crippen LogP contribution in [0.15, 0.2) is 60.7 Å². The number of hydrogen-bond acceptors (Lipinski definition) is 2. The monoisotopic (exact) mass is 276 g/mol. The first-order valence-corrected chi connectivity index (χ1v) is 7.68. The van der Waals surface area contributed by atoms with Crippen LogP contribution in [0, 0.1) is 0 Å². The quantitative estimate of drug-likeness (QED) is 0.842. The van der Waals surface area contributed by atoms with Gasteiger partial charge >= 0.3 is 110 Å². The van der Waals surface area contributed by atoms with E-state index in [-0.39, 0.29) is 0 Å². The van der Waals surface area contributed by atoms with Gasteiger partial charge in [0.05, 0.1) is 0 Å². The van der Waals surface area contributed by atoms with E-state index >= 15 is 0 Å². The van der Waals surface area contributed by atoms with E-state index in [9.17, 15) is 19.8 Å². The van der Waals surface area contributed by atoms with Crippen LogP contribution in [0.5, 0.6) is 0 Å². The first-order valence-electron chi connectivity index (χ1n) is 5.68. The molecule has 0 aliphatic rings. The number of rotatable bonds is 4. The van der Waals surface area contributed by atoms with Gasteiger partial charge in [-0.2, -0.15) is 0 Å². The summed E-state index contributed by atoms with van der Waals surface area (Å²) in [7, 11) is -3.87. The third-order valence-corrected chi connectivity index (χ3v) is 6.74. The summed E-state index contributed by atoms with van der Waals surface area (Å²) in [6, 6.07) is 16.4. The molecular weight excluding hydrogens is 263 g/mol. The third-order valence-electron chi connectivity index (χ3n) is 3.06. The van der Waals surface area contributed by atoms with Crippen LogP contribution in [0.2, 0.25) is 0 Å². The Morgan fingerprint density at radius 2 is 1.00 bits per heavy atom. The predicted octanol–water partition coefficient (Wildman–Crippen LogP) is 2.74. The van der Waals surface area contributed by atoms with Crippen LogP contribution in [0.3, 0.4) is 0 Å². The molecule has 0 aliphatic heterocycles. The minimum atomic E-state index is -3.87. The van der Waals surface area contributed by atoms with Crippen LogP contribution in [-0.4, -0.2) is 21.6 Å². The Kier molecular flexibility index (Phi) is 3.63. The molecular formula is C14H13O4P. The zero-order valence-corrected chi connectivity index (χ0v) is 11.0. The first kappa shape index (κ1) is 13.2. The molecule has 4 nitrogen and oxygen atoms in total. The van der Waals surface area contributed by atoms with Crippen LogP contribution in [-0.2, 0) is 0 Å². The Bertz CT molecular complexity index is 540. The summed E-state index contributed by atoms with van der Waals surface area (Å²) in [4.78, 5) is 23.5. The van der Waals surface area contributed by atoms with Gasteiger partial charge in [0.1, 0.15) is 0 Å². The molecule has 0 atom stereocenters. The van der Waals surface area contributed by atoms with Crippen molar-refractivity contribution < 1.29 is 19.8 Å². The molecule has 19 heavy (non-hydrogen) atoms. The second-order valence-electron chi connectivity index (χ2n) is 4.09. The average Bonchev–Trinajstić information content (AvgIpc) is 2.41. The van der Waals surface area contributed by atoms with Gasteiger partial charge in [0.25, 0.3) is 0 Å². The molecule has 98 valence electrons. The van der Waals surface area contributed by atoms with E-state index in [1.165, 1.54) is 0 Å². The zero-order chi connectivity index (χ0) is 13.9. The molecule has 0 fully saturated rings. The summed E-state index contributed by atoms with van der Waals surface area (Å²) in [5.41, 5.74) is -2.53. The Morgan fingerprint density at radius 1 is 0.684 bits per heavy atom. The van der Waals surface area contributed by atoms with Gasteiger partial charge in [-0.1, -0.05) is 0 Å². The second kappa shape index (κ2) is 5.21. The fourth-order valence-electron chi connectivity index (χ4n) is 2.13. The standard InChI is InChI=1S/C14H13O4P/c15-13(16)19(14(17)18,11-7-3-1-4-8-11)12-9-5-2-6-10-12/h1-10,19H,(H,15,16)(H,17,18). The van der Waals surface area contributed by atoms with Gasteiger partial charge in [-0.15, -0.1) is 0 Å². The molecule has 0 aromatic heterocycles. The summed E-state index contributed by atoms with van der Waals surface area (Å²) in [5.74, 6) is 0. The summed E-state index contributed by atoms with van der Waals surface area (Å²) in [5, 5.41) is 19.9. The van der Waals surface area contributed by atoms with Crippen molar-refractivity contribution in [1.82, 2.24) is 0 Å². The Hall–Kier alpha value is -2.19. The molecule has 0 aliphatic carbocycles. The second-order valence-corrected chi connectivity index (χ2v) is 7.60. The van der Waals surface area contributed by atoms with Crippen LogP contribution in [0.4, 0.5) is 9.59 Å². The predicted molar refractivity (Wildman–Crippen MR) is 76.5 cm³/mol. The zero-order valence-electron chi connectivity index (χ0n) is 9.98. The van der Waals surface area contributed by atoms with Crippen molar-refractivity contribution in [2.24, 2.45) is 0 Å². The molecule has 2 aromatic carbocycles. The van der Waals surface area contributed by atoms with Gasteiger partial charge in [-0.05, 0) is 0 Å². The molecule has 0 saturated carbocycles. The molecule has 0 radical (unpaired) electrons. The fourth-order valence-corrected chi connectivity index (χ4v) is 5.02. The molecule has 0 amide bonds. The van der Waals surface area contributed by atoms with Crippen molar-refractivity contribution in [2.75, 3.05) is 0 Å². The van der Waals surface area contributed by atoms with Crippen molar-refractivity contribution in [3.63, 3.8) is 0 Å². The molecule has 0 bridgehead atoms. The van der Waals surface area contributed by atoms with Gasteiger partial charge in [0, 0.05) is 0 Å². The summed E-state index contributed by atoms with van der Waals surface area (Å²) < 4.78 is 0. The molecule has 0 heterocycles. The maximum absolute atomic E-state index is 11.7. The Labute approximate surface area is 110 Å². The number of benzene rings is 2. The molecule has 2 aromatic rings. The average molecular weight is 276 g/mol. The fraction of sp³-hybridized carbons (Fsp3) is 0. The van der Waals surface area contributed by atoms with Crippen molar-refractivity contribution >= 4 is 29.3 Å². The molecule has 2 N–H and O–H groups in total. The van der Waals surface area contributed by atoms with E-state index in [0.717, 1.165) is 0 Å². The number of hydrogen-bond donors (Lipinski definition) is 2.